The summed E-state index contributed by atoms with van der Waals surface area (Å²) in [5.41, 5.74) is 6.91. The molecule has 0 aliphatic carbocycles. The van der Waals surface area contributed by atoms with Crippen molar-refractivity contribution in [3.05, 3.63) is 17.9 Å². The van der Waals surface area contributed by atoms with E-state index in [-0.39, 0.29) is 12.4 Å². The zero-order chi connectivity index (χ0) is 12.8. The third-order valence-corrected chi connectivity index (χ3v) is 2.61. The number of nitrogens with zero attached hydrogens (tertiary/aromatic N) is 1. The third kappa shape index (κ3) is 3.23. The Morgan fingerprint density at radius 2 is 2.18 bits per heavy atom. The van der Waals surface area contributed by atoms with E-state index in [1.807, 2.05) is 11.8 Å². The maximum absolute atomic E-state index is 13.4. The molecule has 0 radical (unpaired) electrons. The summed E-state index contributed by atoms with van der Waals surface area (Å²) in [5, 5.41) is 8.83. The van der Waals surface area contributed by atoms with Crippen molar-refractivity contribution in [2.45, 2.75) is 13.3 Å². The zero-order valence-corrected chi connectivity index (χ0v) is 10.2. The van der Waals surface area contributed by atoms with Crippen molar-refractivity contribution in [1.82, 2.24) is 0 Å². The number of benzene rings is 1. The molecule has 0 fully saturated rings. The lowest BCUT2D eigenvalue weighted by molar-refractivity contribution is 0.289. The molecule has 3 N–H and O–H groups in total. The van der Waals surface area contributed by atoms with Crippen molar-refractivity contribution in [1.29, 1.82) is 0 Å². The summed E-state index contributed by atoms with van der Waals surface area (Å²) in [6.07, 6.45) is 0.646. The van der Waals surface area contributed by atoms with Crippen molar-refractivity contribution in [2.24, 2.45) is 0 Å². The van der Waals surface area contributed by atoms with Crippen LogP contribution in [0.1, 0.15) is 13.3 Å². The van der Waals surface area contributed by atoms with E-state index in [4.69, 9.17) is 15.6 Å². The summed E-state index contributed by atoms with van der Waals surface area (Å²) >= 11 is 0. The Bertz CT molecular complexity index is 372. The summed E-state index contributed by atoms with van der Waals surface area (Å²) < 4.78 is 18.3. The number of rotatable bonds is 6. The van der Waals surface area contributed by atoms with Crippen LogP contribution in [0.25, 0.3) is 0 Å². The first-order chi connectivity index (χ1) is 8.13. The molecule has 0 amide bonds. The van der Waals surface area contributed by atoms with Gasteiger partial charge < -0.3 is 20.5 Å². The average molecular weight is 242 g/mol. The summed E-state index contributed by atoms with van der Waals surface area (Å²) in [4.78, 5) is 1.98. The van der Waals surface area contributed by atoms with Crippen LogP contribution in [0, 0.1) is 5.82 Å². The highest BCUT2D eigenvalue weighted by Crippen LogP contribution is 2.30. The van der Waals surface area contributed by atoms with Gasteiger partial charge in [-0.1, -0.05) is 0 Å². The molecule has 1 rings (SSSR count). The normalized spacial score (nSPS) is 10.4. The van der Waals surface area contributed by atoms with Gasteiger partial charge in [-0.15, -0.1) is 0 Å². The van der Waals surface area contributed by atoms with Gasteiger partial charge in [0.25, 0.3) is 0 Å². The summed E-state index contributed by atoms with van der Waals surface area (Å²) in [5.74, 6) is -0.288. The Kier molecular flexibility index (Phi) is 5.03. The van der Waals surface area contributed by atoms with Gasteiger partial charge in [0.05, 0.1) is 18.5 Å². The van der Waals surface area contributed by atoms with E-state index in [1.54, 1.807) is 6.07 Å². The molecule has 0 aromatic heterocycles. The number of methoxy groups -OCH3 is 1. The quantitative estimate of drug-likeness (QED) is 0.744. The average Bonchev–Trinajstić information content (AvgIpc) is 2.32. The number of aliphatic hydroxyl groups is 1. The van der Waals surface area contributed by atoms with Gasteiger partial charge in [-0.05, 0) is 13.3 Å². The second-order valence-electron chi connectivity index (χ2n) is 3.70. The highest BCUT2D eigenvalue weighted by atomic mass is 19.1. The molecule has 0 bridgehead atoms. The van der Waals surface area contributed by atoms with Gasteiger partial charge in [0.2, 0.25) is 0 Å². The number of halogens is 1. The van der Waals surface area contributed by atoms with E-state index in [0.717, 1.165) is 12.2 Å². The molecule has 0 spiro atoms. The fraction of sp³-hybridized carbons (Fsp3) is 0.500. The van der Waals surface area contributed by atoms with Crippen molar-refractivity contribution in [3.8, 4) is 5.75 Å². The summed E-state index contributed by atoms with van der Waals surface area (Å²) in [6, 6.07) is 2.85. The lowest BCUT2D eigenvalue weighted by Crippen LogP contribution is -2.25. The topological polar surface area (TPSA) is 58.7 Å². The molecular weight excluding hydrogens is 223 g/mol. The van der Waals surface area contributed by atoms with E-state index in [9.17, 15) is 4.39 Å². The van der Waals surface area contributed by atoms with E-state index in [0.29, 0.717) is 18.7 Å². The molecular formula is C12H19FN2O2. The number of ether oxygens (including phenoxy) is 1. The number of hydrogen-bond donors (Lipinski definition) is 2. The maximum atomic E-state index is 13.4. The number of nitrogens with two attached hydrogens (primary N) is 1. The van der Waals surface area contributed by atoms with Crippen molar-refractivity contribution < 1.29 is 14.2 Å². The first kappa shape index (κ1) is 13.6. The molecule has 96 valence electrons. The van der Waals surface area contributed by atoms with Crippen LogP contribution in [0.15, 0.2) is 12.1 Å². The van der Waals surface area contributed by atoms with Crippen LogP contribution in [0.4, 0.5) is 15.8 Å². The monoisotopic (exact) mass is 242 g/mol. The highest BCUT2D eigenvalue weighted by Gasteiger charge is 2.13. The van der Waals surface area contributed by atoms with E-state index in [1.165, 1.54) is 13.2 Å². The molecule has 0 saturated heterocycles. The maximum Gasteiger partial charge on any atom is 0.167 e. The van der Waals surface area contributed by atoms with E-state index < -0.39 is 5.82 Å². The second kappa shape index (κ2) is 6.30. The number of anilines is 2. The predicted molar refractivity (Wildman–Crippen MR) is 67.0 cm³/mol. The predicted octanol–water partition coefficient (Wildman–Crippen LogP) is 1.63. The molecule has 4 nitrogen and oxygen atoms in total. The molecule has 5 heteroatoms. The fourth-order valence-corrected chi connectivity index (χ4v) is 1.70. The van der Waals surface area contributed by atoms with Gasteiger partial charge in [-0.25, -0.2) is 4.39 Å². The SMILES string of the molecule is CCN(CCCO)c1cc(OC)c(F)cc1N. The highest BCUT2D eigenvalue weighted by molar-refractivity contribution is 5.70. The summed E-state index contributed by atoms with van der Waals surface area (Å²) in [7, 11) is 1.42. The smallest absolute Gasteiger partial charge is 0.167 e. The van der Waals surface area contributed by atoms with Crippen molar-refractivity contribution in [2.75, 3.05) is 37.4 Å². The molecule has 1 aromatic rings. The zero-order valence-electron chi connectivity index (χ0n) is 10.2. The number of nitrogen functional groups attached to an aromatic ring is 1. The Hall–Kier alpha value is -1.49. The van der Waals surface area contributed by atoms with Crippen LogP contribution in [0.5, 0.6) is 5.75 Å². The van der Waals surface area contributed by atoms with Crippen LogP contribution in [-0.4, -0.2) is 31.9 Å². The molecule has 0 atom stereocenters. The Morgan fingerprint density at radius 3 is 2.71 bits per heavy atom. The van der Waals surface area contributed by atoms with Gasteiger partial charge in [-0.2, -0.15) is 0 Å². The fourth-order valence-electron chi connectivity index (χ4n) is 1.70. The van der Waals surface area contributed by atoms with E-state index >= 15 is 0 Å². The van der Waals surface area contributed by atoms with Gasteiger partial charge in [0, 0.05) is 31.8 Å². The van der Waals surface area contributed by atoms with Crippen LogP contribution >= 0.6 is 0 Å². The van der Waals surface area contributed by atoms with Crippen molar-refractivity contribution in [3.63, 3.8) is 0 Å². The van der Waals surface area contributed by atoms with Gasteiger partial charge in [-0.3, -0.25) is 0 Å². The van der Waals surface area contributed by atoms with Gasteiger partial charge in [0.1, 0.15) is 0 Å². The van der Waals surface area contributed by atoms with Gasteiger partial charge >= 0.3 is 0 Å². The molecule has 0 aliphatic rings. The molecule has 0 saturated carbocycles. The minimum absolute atomic E-state index is 0.120. The Morgan fingerprint density at radius 1 is 1.47 bits per heavy atom. The van der Waals surface area contributed by atoms with Crippen molar-refractivity contribution >= 4 is 11.4 Å². The van der Waals surface area contributed by atoms with Gasteiger partial charge in [0.15, 0.2) is 11.6 Å². The first-order valence-corrected chi connectivity index (χ1v) is 5.62. The lowest BCUT2D eigenvalue weighted by Gasteiger charge is -2.24. The number of aliphatic hydroxyl groups excluding tert-OH is 1. The Balaban J connectivity index is 3.01. The molecule has 0 aliphatic heterocycles. The molecule has 0 unspecified atom stereocenters. The standard InChI is InChI=1S/C12H19FN2O2/c1-3-15(5-4-6-16)11-8-12(17-2)9(13)7-10(11)14/h7-8,16H,3-6,14H2,1-2H3. The van der Waals surface area contributed by atoms with Crippen LogP contribution < -0.4 is 15.4 Å². The lowest BCUT2D eigenvalue weighted by atomic mass is 10.2. The second-order valence-corrected chi connectivity index (χ2v) is 3.70. The minimum atomic E-state index is -0.466. The van der Waals surface area contributed by atoms with Crippen LogP contribution in [-0.2, 0) is 0 Å². The first-order valence-electron chi connectivity index (χ1n) is 5.62. The Labute approximate surface area is 101 Å². The molecule has 0 heterocycles. The number of hydrogen-bond acceptors (Lipinski definition) is 4. The minimum Gasteiger partial charge on any atom is -0.494 e. The summed E-state index contributed by atoms with van der Waals surface area (Å²) in [6.45, 7) is 3.51. The van der Waals surface area contributed by atoms with Crippen LogP contribution in [0.2, 0.25) is 0 Å². The third-order valence-electron chi connectivity index (χ3n) is 2.61. The molecule has 17 heavy (non-hydrogen) atoms. The largest absolute Gasteiger partial charge is 0.494 e. The van der Waals surface area contributed by atoms with Crippen LogP contribution in [0.3, 0.4) is 0 Å². The molecule has 1 aromatic carbocycles. The van der Waals surface area contributed by atoms with E-state index in [2.05, 4.69) is 0 Å².